The minimum absolute atomic E-state index is 0. The zero-order valence-corrected chi connectivity index (χ0v) is 5.94. The third kappa shape index (κ3) is 66.9. The van der Waals surface area contributed by atoms with Crippen molar-refractivity contribution < 1.29 is 20.4 Å². The van der Waals surface area contributed by atoms with E-state index in [0.717, 1.165) is 0 Å². The fourth-order valence-corrected chi connectivity index (χ4v) is 0. The van der Waals surface area contributed by atoms with E-state index >= 15 is 0 Å². The van der Waals surface area contributed by atoms with E-state index in [9.17, 15) is 0 Å². The summed E-state index contributed by atoms with van der Waals surface area (Å²) in [6.07, 6.45) is 0. The van der Waals surface area contributed by atoms with E-state index in [1.807, 2.05) is 0 Å². The molecule has 0 spiro atoms. The van der Waals surface area contributed by atoms with Gasteiger partial charge in [-0.2, -0.15) is 0 Å². The molecule has 0 aliphatic rings. The molecule has 0 amide bonds. The second kappa shape index (κ2) is 116. The first-order chi connectivity index (χ1) is 3.00. The number of nitrogens with zero attached hydrogens (tertiary/aromatic N) is 3. The van der Waals surface area contributed by atoms with Crippen molar-refractivity contribution in [2.75, 3.05) is 0 Å². The first kappa shape index (κ1) is 35.5. The molecule has 0 unspecified atom stereocenters. The van der Waals surface area contributed by atoms with Crippen LogP contribution >= 0.6 is 0 Å². The zero-order valence-electron chi connectivity index (χ0n) is 3.22. The molecule has 4 heteroatoms. The average Bonchev–Trinajstić information content (AvgIpc) is 1.81. The minimum atomic E-state index is 0. The van der Waals surface area contributed by atoms with Gasteiger partial charge in [-0.3, -0.25) is 0 Å². The van der Waals surface area contributed by atoms with E-state index in [-0.39, 0.29) is 20.4 Å². The molecule has 0 aromatic rings. The van der Waals surface area contributed by atoms with Gasteiger partial charge in [0.15, 0.2) is 0 Å². The van der Waals surface area contributed by atoms with Gasteiger partial charge in [-0.25, -0.2) is 0 Å². The Labute approximate surface area is 56.4 Å². The summed E-state index contributed by atoms with van der Waals surface area (Å²) in [6, 6.07) is 0. The largest absolute Gasteiger partial charge is 3.00 e. The van der Waals surface area contributed by atoms with Crippen LogP contribution in [0, 0.1) is 35.5 Å². The van der Waals surface area contributed by atoms with Gasteiger partial charge >= 0.3 is 20.4 Å². The van der Waals surface area contributed by atoms with Crippen molar-refractivity contribution in [2.24, 2.45) is 0 Å². The van der Waals surface area contributed by atoms with Gasteiger partial charge in [-0.15, -0.1) is 0 Å². The van der Waals surface area contributed by atoms with Crippen LogP contribution in [0.4, 0.5) is 0 Å². The molecule has 0 saturated carbocycles. The van der Waals surface area contributed by atoms with Gasteiger partial charge in [0.1, 0.15) is 0 Å². The Bertz CT molecular complexity index is 38.7. The average molecular weight is 264 g/mol. The molecule has 0 bridgehead atoms. The van der Waals surface area contributed by atoms with Crippen LogP contribution in [0.1, 0.15) is 0 Å². The van der Waals surface area contributed by atoms with Gasteiger partial charge < -0.3 is 35.5 Å². The molecule has 0 rings (SSSR count). The molecule has 0 aromatic carbocycles. The molecular weight excluding hydrogens is 264 g/mol. The summed E-state index contributed by atoms with van der Waals surface area (Å²) < 4.78 is 0. The van der Waals surface area contributed by atoms with E-state index in [1.54, 1.807) is 0 Å². The second-order valence-corrected chi connectivity index (χ2v) is 0. The third-order valence-corrected chi connectivity index (χ3v) is 0. The Kier molecular flexibility index (Phi) is 591. The summed E-state index contributed by atoms with van der Waals surface area (Å²) in [5.41, 5.74) is 0. The van der Waals surface area contributed by atoms with Crippen molar-refractivity contribution in [2.45, 2.75) is 0 Å². The maximum Gasteiger partial charge on any atom is 3.00 e. The summed E-state index contributed by atoms with van der Waals surface area (Å²) in [6.45, 7) is 14.2. The molecule has 0 aliphatic carbocycles. The molecule has 34 valence electrons. The van der Waals surface area contributed by atoms with Crippen molar-refractivity contribution in [3.8, 4) is 0 Å². The quantitative estimate of drug-likeness (QED) is 0.590. The topological polar surface area (TPSA) is 71.4 Å². The van der Waals surface area contributed by atoms with E-state index in [2.05, 4.69) is 0 Å². The van der Waals surface area contributed by atoms with Crippen LogP contribution in [-0.2, 0) is 20.4 Å². The van der Waals surface area contributed by atoms with Crippen LogP contribution < -0.4 is 0 Å². The Balaban J connectivity index is -0.00000000900. The molecule has 0 saturated heterocycles. The summed E-state index contributed by atoms with van der Waals surface area (Å²) in [7, 11) is 0. The summed E-state index contributed by atoms with van der Waals surface area (Å²) >= 11 is 0. The van der Waals surface area contributed by atoms with Crippen LogP contribution in [0.2, 0.25) is 0 Å². The number of hydrogen-bond acceptors (Lipinski definition) is 3. The van der Waals surface area contributed by atoms with Crippen molar-refractivity contribution >= 4 is 0 Å². The Morgan fingerprint density at radius 2 is 0.571 bits per heavy atom. The monoisotopic (exact) mass is 265 g/mol. The van der Waals surface area contributed by atoms with Gasteiger partial charge in [0, 0.05) is 0 Å². The fraction of sp³-hybridized carbons (Fsp3) is 0. The molecule has 7 heavy (non-hydrogen) atoms. The number of rotatable bonds is 0. The molecule has 0 aromatic heterocycles. The van der Waals surface area contributed by atoms with Gasteiger partial charge in [0.05, 0.1) is 0 Å². The van der Waals surface area contributed by atoms with Crippen molar-refractivity contribution in [3.63, 3.8) is 0 Å². The Morgan fingerprint density at radius 3 is 0.571 bits per heavy atom. The van der Waals surface area contributed by atoms with Gasteiger partial charge in [0.2, 0.25) is 0 Å². The van der Waals surface area contributed by atoms with Crippen molar-refractivity contribution in [3.05, 3.63) is 19.7 Å². The van der Waals surface area contributed by atoms with Crippen LogP contribution in [0.25, 0.3) is 0 Å². The van der Waals surface area contributed by atoms with Crippen LogP contribution in [0.3, 0.4) is 0 Å². The minimum Gasteiger partial charge on any atom is -0.512 e. The van der Waals surface area contributed by atoms with Gasteiger partial charge in [-0.05, 0) is 0 Å². The molecule has 0 atom stereocenters. The predicted molar refractivity (Wildman–Crippen MR) is 14.9 cm³/mol. The third-order valence-electron chi connectivity index (χ3n) is 0. The second-order valence-electron chi connectivity index (χ2n) is 0. The molecule has 0 heterocycles. The maximum absolute atomic E-state index is 6.25. The van der Waals surface area contributed by atoms with Crippen LogP contribution in [0.5, 0.6) is 0 Å². The number of hydrogen-bond donors (Lipinski definition) is 0. The molecule has 3 nitrogen and oxygen atoms in total. The zero-order chi connectivity index (χ0) is 6.00. The normalized spacial score (nSPS) is 0.857. The first-order valence-corrected chi connectivity index (χ1v) is 0.671. The molecular formula is C3N3Re. The Hall–Kier alpha value is -0.868. The first-order valence-electron chi connectivity index (χ1n) is 0.671. The smallest absolute Gasteiger partial charge is 0.512 e. The molecule has 0 N–H and O–H groups in total. The van der Waals surface area contributed by atoms with Gasteiger partial charge in [-0.1, -0.05) is 0 Å². The molecule has 0 radical (unpaired) electrons. The maximum atomic E-state index is 6.25. The van der Waals surface area contributed by atoms with Crippen molar-refractivity contribution in [1.82, 2.24) is 0 Å². The molecule has 0 aliphatic heterocycles. The predicted octanol–water partition coefficient (Wildman–Crippen LogP) is 0.287. The summed E-state index contributed by atoms with van der Waals surface area (Å²) in [5, 5.41) is 18.8. The standard InChI is InChI=1S/3CN.Re/c3*1-2;/q3*-1;+3. The SMILES string of the molecule is [C-]#N.[C-]#N.[C-]#N.[Re+3]. The van der Waals surface area contributed by atoms with Crippen molar-refractivity contribution in [1.29, 1.82) is 15.8 Å². The van der Waals surface area contributed by atoms with Gasteiger partial charge in [0.25, 0.3) is 0 Å². The van der Waals surface area contributed by atoms with E-state index < -0.39 is 0 Å². The van der Waals surface area contributed by atoms with Crippen LogP contribution in [-0.4, -0.2) is 0 Å². The van der Waals surface area contributed by atoms with E-state index in [4.69, 9.17) is 35.5 Å². The summed E-state index contributed by atoms with van der Waals surface area (Å²) in [4.78, 5) is 0. The summed E-state index contributed by atoms with van der Waals surface area (Å²) in [5.74, 6) is 0. The molecule has 0 fully saturated rings. The van der Waals surface area contributed by atoms with E-state index in [1.165, 1.54) is 0 Å². The Morgan fingerprint density at radius 1 is 0.571 bits per heavy atom. The van der Waals surface area contributed by atoms with E-state index in [0.29, 0.717) is 0 Å². The van der Waals surface area contributed by atoms with Crippen LogP contribution in [0.15, 0.2) is 0 Å². The fourth-order valence-electron chi connectivity index (χ4n) is 0.